The second kappa shape index (κ2) is 10.6. The Balaban J connectivity index is 2.11. The van der Waals surface area contributed by atoms with Crippen molar-refractivity contribution >= 4 is 23.3 Å². The molecule has 0 unspecified atom stereocenters. The lowest BCUT2D eigenvalue weighted by molar-refractivity contribution is -0.117. The van der Waals surface area contributed by atoms with Gasteiger partial charge < -0.3 is 19.8 Å². The van der Waals surface area contributed by atoms with E-state index < -0.39 is 5.97 Å². The first-order valence-electron chi connectivity index (χ1n) is 9.78. The SMILES string of the molecule is CCCN(CC(=O)Nc1ccccc1OC)CC(=O)c1[nH]c(C)c(C(=O)OC)c1C. The molecule has 0 atom stereocenters. The minimum absolute atomic E-state index is 0.0502. The van der Waals surface area contributed by atoms with Crippen molar-refractivity contribution in [3.05, 3.63) is 46.8 Å². The number of benzene rings is 1. The Morgan fingerprint density at radius 1 is 1.10 bits per heavy atom. The van der Waals surface area contributed by atoms with E-state index >= 15 is 0 Å². The third kappa shape index (κ3) is 5.48. The number of hydrogen-bond donors (Lipinski definition) is 2. The van der Waals surface area contributed by atoms with E-state index in [-0.39, 0.29) is 24.8 Å². The first-order chi connectivity index (χ1) is 14.3. The Morgan fingerprint density at radius 3 is 2.43 bits per heavy atom. The number of anilines is 1. The van der Waals surface area contributed by atoms with Crippen molar-refractivity contribution in [2.45, 2.75) is 27.2 Å². The van der Waals surface area contributed by atoms with E-state index in [0.717, 1.165) is 6.42 Å². The number of H-pyrrole nitrogens is 1. The summed E-state index contributed by atoms with van der Waals surface area (Å²) in [5, 5.41) is 2.82. The number of Topliss-reactive ketones (excluding diaryl/α,β-unsaturated/α-hetero) is 1. The maximum absolute atomic E-state index is 12.9. The maximum atomic E-state index is 12.9. The number of nitrogens with one attached hydrogen (secondary N) is 2. The normalized spacial score (nSPS) is 10.7. The Labute approximate surface area is 176 Å². The van der Waals surface area contributed by atoms with Crippen LogP contribution in [0.15, 0.2) is 24.3 Å². The number of hydrogen-bond acceptors (Lipinski definition) is 6. The number of amides is 1. The van der Waals surface area contributed by atoms with E-state index in [1.165, 1.54) is 14.2 Å². The predicted molar refractivity (Wildman–Crippen MR) is 114 cm³/mol. The Hall–Kier alpha value is -3.13. The molecular weight excluding hydrogens is 386 g/mol. The molecule has 2 N–H and O–H groups in total. The minimum Gasteiger partial charge on any atom is -0.495 e. The highest BCUT2D eigenvalue weighted by atomic mass is 16.5. The summed E-state index contributed by atoms with van der Waals surface area (Å²) < 4.78 is 10.0. The highest BCUT2D eigenvalue weighted by Gasteiger charge is 2.24. The second-order valence-corrected chi connectivity index (χ2v) is 7.00. The molecule has 0 aliphatic rings. The van der Waals surface area contributed by atoms with E-state index in [4.69, 9.17) is 9.47 Å². The molecular formula is C22H29N3O5. The molecule has 0 bridgehead atoms. The van der Waals surface area contributed by atoms with Gasteiger partial charge in [0.15, 0.2) is 5.78 Å². The van der Waals surface area contributed by atoms with Crippen LogP contribution >= 0.6 is 0 Å². The Bertz CT molecular complexity index is 919. The van der Waals surface area contributed by atoms with Gasteiger partial charge in [-0.3, -0.25) is 14.5 Å². The molecule has 8 nitrogen and oxygen atoms in total. The molecule has 8 heteroatoms. The number of rotatable bonds is 10. The van der Waals surface area contributed by atoms with Crippen molar-refractivity contribution in [3.8, 4) is 5.75 Å². The maximum Gasteiger partial charge on any atom is 0.339 e. The zero-order valence-corrected chi connectivity index (χ0v) is 18.1. The number of aromatic nitrogens is 1. The summed E-state index contributed by atoms with van der Waals surface area (Å²) in [6.45, 7) is 6.10. The number of para-hydroxylation sites is 2. The molecule has 0 saturated heterocycles. The topological polar surface area (TPSA) is 101 Å². The molecule has 162 valence electrons. The molecule has 2 aromatic rings. The largest absolute Gasteiger partial charge is 0.495 e. The predicted octanol–water partition coefficient (Wildman–Crippen LogP) is 2.96. The molecule has 0 spiro atoms. The lowest BCUT2D eigenvalue weighted by Crippen LogP contribution is -2.37. The van der Waals surface area contributed by atoms with Crippen molar-refractivity contribution in [1.82, 2.24) is 9.88 Å². The molecule has 0 aliphatic heterocycles. The van der Waals surface area contributed by atoms with E-state index in [0.29, 0.717) is 40.5 Å². The number of aryl methyl sites for hydroxylation is 1. The van der Waals surface area contributed by atoms with Crippen molar-refractivity contribution in [1.29, 1.82) is 0 Å². The zero-order valence-electron chi connectivity index (χ0n) is 18.1. The minimum atomic E-state index is -0.484. The molecule has 1 heterocycles. The van der Waals surface area contributed by atoms with Crippen molar-refractivity contribution < 1.29 is 23.9 Å². The monoisotopic (exact) mass is 415 g/mol. The molecule has 0 aliphatic carbocycles. The van der Waals surface area contributed by atoms with Gasteiger partial charge in [-0.15, -0.1) is 0 Å². The van der Waals surface area contributed by atoms with Gasteiger partial charge in [0.2, 0.25) is 5.91 Å². The highest BCUT2D eigenvalue weighted by Crippen LogP contribution is 2.23. The highest BCUT2D eigenvalue weighted by molar-refractivity contribution is 6.02. The lowest BCUT2D eigenvalue weighted by Gasteiger charge is -2.20. The van der Waals surface area contributed by atoms with Gasteiger partial charge in [-0.05, 0) is 44.5 Å². The Morgan fingerprint density at radius 2 is 1.80 bits per heavy atom. The van der Waals surface area contributed by atoms with E-state index in [2.05, 4.69) is 10.3 Å². The summed E-state index contributed by atoms with van der Waals surface area (Å²) in [5.41, 5.74) is 2.44. The smallest absolute Gasteiger partial charge is 0.339 e. The summed E-state index contributed by atoms with van der Waals surface area (Å²) in [4.78, 5) is 42.2. The third-order valence-corrected chi connectivity index (χ3v) is 4.76. The Kier molecular flexibility index (Phi) is 8.17. The molecule has 0 fully saturated rings. The fourth-order valence-corrected chi connectivity index (χ4v) is 3.39. The van der Waals surface area contributed by atoms with Crippen LogP contribution in [-0.4, -0.2) is 61.4 Å². The van der Waals surface area contributed by atoms with Crippen molar-refractivity contribution in [2.75, 3.05) is 39.2 Å². The molecule has 1 aromatic carbocycles. The van der Waals surface area contributed by atoms with Crippen LogP contribution in [0.3, 0.4) is 0 Å². The summed E-state index contributed by atoms with van der Waals surface area (Å²) in [6, 6.07) is 7.14. The standard InChI is InChI=1S/C22H29N3O5/c1-6-11-25(13-19(27)24-16-9-7-8-10-18(16)29-4)12-17(26)21-14(2)20(15(3)23-21)22(28)30-5/h7-10,23H,6,11-13H2,1-5H3,(H,24,27). The number of ketones is 1. The molecule has 0 saturated carbocycles. The summed E-state index contributed by atoms with van der Waals surface area (Å²) >= 11 is 0. The molecule has 0 radical (unpaired) electrons. The van der Waals surface area contributed by atoms with E-state index in [9.17, 15) is 14.4 Å². The van der Waals surface area contributed by atoms with Gasteiger partial charge in [0.25, 0.3) is 0 Å². The van der Waals surface area contributed by atoms with Crippen molar-refractivity contribution in [3.63, 3.8) is 0 Å². The number of nitrogens with zero attached hydrogens (tertiary/aromatic N) is 1. The number of esters is 1. The van der Waals surface area contributed by atoms with Crippen LogP contribution in [0.1, 0.15) is 45.4 Å². The molecule has 2 rings (SSSR count). The van der Waals surface area contributed by atoms with Crippen LogP contribution < -0.4 is 10.1 Å². The van der Waals surface area contributed by atoms with Crippen LogP contribution in [0, 0.1) is 13.8 Å². The quantitative estimate of drug-likeness (QED) is 0.457. The molecule has 30 heavy (non-hydrogen) atoms. The van der Waals surface area contributed by atoms with Crippen LogP contribution in [0.4, 0.5) is 5.69 Å². The summed E-state index contributed by atoms with van der Waals surface area (Å²) in [6.07, 6.45) is 0.783. The number of ether oxygens (including phenoxy) is 2. The average molecular weight is 415 g/mol. The average Bonchev–Trinajstić information content (AvgIpc) is 3.02. The van der Waals surface area contributed by atoms with Crippen molar-refractivity contribution in [2.24, 2.45) is 0 Å². The number of methoxy groups -OCH3 is 2. The summed E-state index contributed by atoms with van der Waals surface area (Å²) in [5.74, 6) is -0.349. The molecule has 1 aromatic heterocycles. The van der Waals surface area contributed by atoms with Crippen LogP contribution in [0.2, 0.25) is 0 Å². The zero-order chi connectivity index (χ0) is 22.3. The second-order valence-electron chi connectivity index (χ2n) is 7.00. The number of aromatic amines is 1. The summed E-state index contributed by atoms with van der Waals surface area (Å²) in [7, 11) is 2.84. The first-order valence-corrected chi connectivity index (χ1v) is 9.78. The number of carbonyl (C=O) groups excluding carboxylic acids is 3. The van der Waals surface area contributed by atoms with Gasteiger partial charge in [0.1, 0.15) is 5.75 Å². The van der Waals surface area contributed by atoms with Gasteiger partial charge in [-0.2, -0.15) is 0 Å². The van der Waals surface area contributed by atoms with Gasteiger partial charge >= 0.3 is 5.97 Å². The fraction of sp³-hybridized carbons (Fsp3) is 0.409. The van der Waals surface area contributed by atoms with Crippen LogP contribution in [0.25, 0.3) is 0 Å². The van der Waals surface area contributed by atoms with Gasteiger partial charge in [-0.1, -0.05) is 19.1 Å². The van der Waals surface area contributed by atoms with Crippen LogP contribution in [0.5, 0.6) is 5.75 Å². The van der Waals surface area contributed by atoms with Gasteiger partial charge in [0.05, 0.1) is 44.3 Å². The first kappa shape index (κ1) is 23.2. The lowest BCUT2D eigenvalue weighted by atomic mass is 10.1. The number of carbonyl (C=O) groups is 3. The van der Waals surface area contributed by atoms with Gasteiger partial charge in [0, 0.05) is 5.69 Å². The third-order valence-electron chi connectivity index (χ3n) is 4.76. The van der Waals surface area contributed by atoms with Crippen LogP contribution in [-0.2, 0) is 9.53 Å². The molecule has 1 amide bonds. The van der Waals surface area contributed by atoms with E-state index in [1.807, 2.05) is 13.0 Å². The van der Waals surface area contributed by atoms with Gasteiger partial charge in [-0.25, -0.2) is 4.79 Å². The fourth-order valence-electron chi connectivity index (χ4n) is 3.39. The van der Waals surface area contributed by atoms with E-state index in [1.54, 1.807) is 36.9 Å².